The largest absolute Gasteiger partial charge is 0.493 e. The van der Waals surface area contributed by atoms with Crippen LogP contribution in [0.1, 0.15) is 36.4 Å². The highest BCUT2D eigenvalue weighted by Gasteiger charge is 2.31. The van der Waals surface area contributed by atoms with Gasteiger partial charge in [0.05, 0.1) is 26.2 Å². The summed E-state index contributed by atoms with van der Waals surface area (Å²) in [7, 11) is 3.28. The van der Waals surface area contributed by atoms with Crippen molar-refractivity contribution in [3.8, 4) is 11.5 Å². The molecule has 2 atom stereocenters. The number of aromatic nitrogens is 2. The zero-order chi connectivity index (χ0) is 19.5. The van der Waals surface area contributed by atoms with Crippen LogP contribution in [0, 0.1) is 5.92 Å². The molecule has 7 heteroatoms. The number of benzene rings is 1. The van der Waals surface area contributed by atoms with Crippen molar-refractivity contribution in [3.05, 3.63) is 41.7 Å². The number of carbonyl (C=O) groups excluding carboxylic acids is 1. The van der Waals surface area contributed by atoms with E-state index in [1.807, 2.05) is 12.1 Å². The fourth-order valence-corrected chi connectivity index (χ4v) is 4.20. The van der Waals surface area contributed by atoms with E-state index in [-0.39, 0.29) is 17.9 Å². The molecule has 1 aliphatic carbocycles. The Balaban J connectivity index is 1.45. The number of carbonyl (C=O) groups is 1. The average Bonchev–Trinajstić information content (AvgIpc) is 3.14. The lowest BCUT2D eigenvalue weighted by atomic mass is 9.96. The van der Waals surface area contributed by atoms with Crippen molar-refractivity contribution in [1.29, 1.82) is 0 Å². The molecule has 2 aromatic rings. The van der Waals surface area contributed by atoms with Gasteiger partial charge in [-0.1, -0.05) is 0 Å². The number of methoxy groups -OCH3 is 2. The van der Waals surface area contributed by atoms with Gasteiger partial charge >= 0.3 is 0 Å². The van der Waals surface area contributed by atoms with Crippen LogP contribution in [0.3, 0.4) is 0 Å². The normalized spacial score (nSPS) is 21.1. The molecule has 1 aliphatic heterocycles. The molecule has 1 aromatic carbocycles. The van der Waals surface area contributed by atoms with Crippen molar-refractivity contribution in [2.75, 3.05) is 32.2 Å². The highest BCUT2D eigenvalue weighted by molar-refractivity contribution is 5.80. The number of nitrogens with zero attached hydrogens (tertiary/aromatic N) is 3. The van der Waals surface area contributed by atoms with Crippen LogP contribution >= 0.6 is 0 Å². The first kappa shape index (κ1) is 18.5. The molecule has 1 N–H and O–H groups in total. The Hall–Kier alpha value is -2.83. The Kier molecular flexibility index (Phi) is 5.32. The predicted molar refractivity (Wildman–Crippen MR) is 106 cm³/mol. The first-order chi connectivity index (χ1) is 13.7. The van der Waals surface area contributed by atoms with Gasteiger partial charge in [0.2, 0.25) is 11.9 Å². The van der Waals surface area contributed by atoms with Gasteiger partial charge in [0.15, 0.2) is 11.5 Å². The van der Waals surface area contributed by atoms with Crippen molar-refractivity contribution in [2.45, 2.75) is 31.7 Å². The predicted octanol–water partition coefficient (Wildman–Crippen LogP) is 2.51. The van der Waals surface area contributed by atoms with Crippen LogP contribution in [0.25, 0.3) is 0 Å². The summed E-state index contributed by atoms with van der Waals surface area (Å²) in [5.41, 5.74) is 2.34. The standard InChI is InChI=1S/C21H26N4O3/c1-27-18-11-14-6-7-17(16(14)12-19(18)28-2)24-20(26)15-5-3-10-25(13-15)21-22-8-4-9-23-21/h4,8-9,11-12,15,17H,3,5-7,10,13H2,1-2H3,(H,24,26). The van der Waals surface area contributed by atoms with Crippen molar-refractivity contribution in [3.63, 3.8) is 0 Å². The van der Waals surface area contributed by atoms with E-state index in [9.17, 15) is 4.79 Å². The van der Waals surface area contributed by atoms with Gasteiger partial charge in [-0.05, 0) is 55.0 Å². The highest BCUT2D eigenvalue weighted by atomic mass is 16.5. The first-order valence-corrected chi connectivity index (χ1v) is 9.76. The molecular formula is C21H26N4O3. The lowest BCUT2D eigenvalue weighted by molar-refractivity contribution is -0.126. The third-order valence-corrected chi connectivity index (χ3v) is 5.67. The van der Waals surface area contributed by atoms with Gasteiger partial charge in [-0.2, -0.15) is 0 Å². The van der Waals surface area contributed by atoms with Crippen molar-refractivity contribution < 1.29 is 14.3 Å². The van der Waals surface area contributed by atoms with E-state index in [4.69, 9.17) is 9.47 Å². The van der Waals surface area contributed by atoms with E-state index in [1.165, 1.54) is 5.56 Å². The summed E-state index contributed by atoms with van der Waals surface area (Å²) in [4.78, 5) is 23.7. The number of amides is 1. The van der Waals surface area contributed by atoms with Crippen LogP contribution in [0.5, 0.6) is 11.5 Å². The van der Waals surface area contributed by atoms with Gasteiger partial charge in [0.25, 0.3) is 0 Å². The molecule has 0 radical (unpaired) electrons. The lowest BCUT2D eigenvalue weighted by Gasteiger charge is -2.32. The third kappa shape index (κ3) is 3.61. The number of anilines is 1. The third-order valence-electron chi connectivity index (χ3n) is 5.67. The van der Waals surface area contributed by atoms with Gasteiger partial charge < -0.3 is 19.7 Å². The van der Waals surface area contributed by atoms with Crippen LogP contribution in [0.4, 0.5) is 5.95 Å². The monoisotopic (exact) mass is 382 g/mol. The molecule has 1 saturated heterocycles. The second-order valence-corrected chi connectivity index (χ2v) is 7.34. The molecule has 28 heavy (non-hydrogen) atoms. The Bertz CT molecular complexity index is 843. The molecule has 2 aliphatic rings. The average molecular weight is 382 g/mol. The fourth-order valence-electron chi connectivity index (χ4n) is 4.20. The number of aryl methyl sites for hydroxylation is 1. The van der Waals surface area contributed by atoms with E-state index in [0.717, 1.165) is 43.5 Å². The van der Waals surface area contributed by atoms with Crippen LogP contribution in [0.15, 0.2) is 30.6 Å². The lowest BCUT2D eigenvalue weighted by Crippen LogP contribution is -2.44. The fraction of sp³-hybridized carbons (Fsp3) is 0.476. The number of piperidine rings is 1. The van der Waals surface area contributed by atoms with Gasteiger partial charge in [-0.25, -0.2) is 9.97 Å². The number of nitrogens with one attached hydrogen (secondary N) is 1. The summed E-state index contributed by atoms with van der Waals surface area (Å²) in [5.74, 6) is 2.18. The van der Waals surface area contributed by atoms with Gasteiger partial charge in [0.1, 0.15) is 0 Å². The minimum absolute atomic E-state index is 0.0191. The molecule has 0 saturated carbocycles. The van der Waals surface area contributed by atoms with Gasteiger partial charge in [-0.15, -0.1) is 0 Å². The SMILES string of the molecule is COc1cc2c(cc1OC)C(NC(=O)C1CCCN(c3ncccn3)C1)CC2. The molecule has 2 heterocycles. The summed E-state index contributed by atoms with van der Waals surface area (Å²) < 4.78 is 10.8. The summed E-state index contributed by atoms with van der Waals surface area (Å²) in [5, 5.41) is 3.26. The van der Waals surface area contributed by atoms with Crippen LogP contribution < -0.4 is 19.7 Å². The van der Waals surface area contributed by atoms with Gasteiger partial charge in [0, 0.05) is 25.5 Å². The number of hydrogen-bond donors (Lipinski definition) is 1. The molecule has 148 valence electrons. The quantitative estimate of drug-likeness (QED) is 0.856. The summed E-state index contributed by atoms with van der Waals surface area (Å²) in [6.45, 7) is 1.54. The first-order valence-electron chi connectivity index (χ1n) is 9.76. The van der Waals surface area contributed by atoms with Crippen LogP contribution in [0.2, 0.25) is 0 Å². The molecular weight excluding hydrogens is 356 g/mol. The zero-order valence-electron chi connectivity index (χ0n) is 16.4. The van der Waals surface area contributed by atoms with E-state index >= 15 is 0 Å². The molecule has 7 nitrogen and oxygen atoms in total. The highest BCUT2D eigenvalue weighted by Crippen LogP contribution is 2.39. The van der Waals surface area contributed by atoms with Crippen LogP contribution in [-0.2, 0) is 11.2 Å². The minimum Gasteiger partial charge on any atom is -0.493 e. The summed E-state index contributed by atoms with van der Waals surface area (Å²) in [6.07, 6.45) is 7.15. The maximum atomic E-state index is 13.0. The minimum atomic E-state index is -0.0539. The van der Waals surface area contributed by atoms with E-state index in [2.05, 4.69) is 20.2 Å². The van der Waals surface area contributed by atoms with Crippen molar-refractivity contribution in [2.24, 2.45) is 5.92 Å². The molecule has 2 unspecified atom stereocenters. The van der Waals surface area contributed by atoms with Crippen molar-refractivity contribution in [1.82, 2.24) is 15.3 Å². The Morgan fingerprint density at radius 1 is 1.14 bits per heavy atom. The van der Waals surface area contributed by atoms with E-state index in [0.29, 0.717) is 18.2 Å². The van der Waals surface area contributed by atoms with Gasteiger partial charge in [-0.3, -0.25) is 4.79 Å². The Morgan fingerprint density at radius 3 is 2.64 bits per heavy atom. The number of ether oxygens (including phenoxy) is 2. The molecule has 0 spiro atoms. The summed E-state index contributed by atoms with van der Waals surface area (Å²) >= 11 is 0. The molecule has 1 aromatic heterocycles. The smallest absolute Gasteiger partial charge is 0.225 e. The second-order valence-electron chi connectivity index (χ2n) is 7.34. The maximum Gasteiger partial charge on any atom is 0.225 e. The number of fused-ring (bicyclic) bond motifs is 1. The molecule has 4 rings (SSSR count). The Morgan fingerprint density at radius 2 is 1.89 bits per heavy atom. The van der Waals surface area contributed by atoms with Crippen LogP contribution in [-0.4, -0.2) is 43.2 Å². The second kappa shape index (κ2) is 8.04. The molecule has 0 bridgehead atoms. The topological polar surface area (TPSA) is 76.6 Å². The van der Waals surface area contributed by atoms with Crippen molar-refractivity contribution >= 4 is 11.9 Å². The van der Waals surface area contributed by atoms with E-state index < -0.39 is 0 Å². The Labute approximate surface area is 165 Å². The van der Waals surface area contributed by atoms with E-state index in [1.54, 1.807) is 32.7 Å². The summed E-state index contributed by atoms with van der Waals surface area (Å²) in [6, 6.07) is 5.84. The number of rotatable bonds is 5. The zero-order valence-corrected chi connectivity index (χ0v) is 16.4. The molecule has 1 fully saturated rings. The maximum absolute atomic E-state index is 13.0. The molecule has 1 amide bonds. The number of hydrogen-bond acceptors (Lipinski definition) is 6.